The van der Waals surface area contributed by atoms with Gasteiger partial charge in [-0.3, -0.25) is 5.32 Å². The predicted molar refractivity (Wildman–Crippen MR) is 95.1 cm³/mol. The highest BCUT2D eigenvalue weighted by Crippen LogP contribution is 2.18. The number of carbonyl (C=O) groups excluding carboxylic acids is 1. The molecule has 0 aliphatic heterocycles. The van der Waals surface area contributed by atoms with Crippen molar-refractivity contribution in [3.8, 4) is 17.7 Å². The molecule has 0 aliphatic carbocycles. The molecule has 16 heteroatoms. The number of sulfonamides is 1. The van der Waals surface area contributed by atoms with Crippen LogP contribution in [0.4, 0.5) is 10.7 Å². The molecule has 0 aromatic carbocycles. The Balaban J connectivity index is 1.84. The summed E-state index contributed by atoms with van der Waals surface area (Å²) in [6.45, 7) is 1.57. The monoisotopic (exact) mass is 424 g/mol. The van der Waals surface area contributed by atoms with Crippen LogP contribution in [-0.2, 0) is 17.1 Å². The average Bonchev–Trinajstić information content (AvgIpc) is 3.26. The van der Waals surface area contributed by atoms with Gasteiger partial charge in [-0.15, -0.1) is 5.10 Å². The summed E-state index contributed by atoms with van der Waals surface area (Å²) in [5.41, 5.74) is 0.360. The summed E-state index contributed by atoms with van der Waals surface area (Å²) in [5, 5.41) is 17.1. The molecule has 0 saturated heterocycles. The molecule has 2 N–H and O–H groups in total. The Morgan fingerprint density at radius 2 is 1.76 bits per heavy atom. The minimum absolute atomic E-state index is 0.0813. The number of nitrogens with one attached hydrogen (secondary N) is 2. The zero-order chi connectivity index (χ0) is 21.2. The molecule has 0 spiro atoms. The normalized spacial score (nSPS) is 11.2. The first-order valence-electron chi connectivity index (χ1n) is 7.83. The number of ether oxygens (including phenoxy) is 2. The average molecular weight is 424 g/mol. The van der Waals surface area contributed by atoms with Crippen molar-refractivity contribution >= 4 is 22.0 Å². The number of aromatic nitrogens is 8. The summed E-state index contributed by atoms with van der Waals surface area (Å²) >= 11 is 0. The number of methoxy groups -OCH3 is 2. The van der Waals surface area contributed by atoms with Gasteiger partial charge in [0.1, 0.15) is 0 Å². The van der Waals surface area contributed by atoms with Gasteiger partial charge in [0.2, 0.25) is 17.7 Å². The Kier molecular flexibility index (Phi) is 5.26. The summed E-state index contributed by atoms with van der Waals surface area (Å²) in [4.78, 5) is 21.1. The Labute approximate surface area is 164 Å². The van der Waals surface area contributed by atoms with Crippen LogP contribution < -0.4 is 19.5 Å². The van der Waals surface area contributed by atoms with Crippen molar-refractivity contribution in [3.05, 3.63) is 17.8 Å². The molecule has 3 rings (SSSR count). The lowest BCUT2D eigenvalue weighted by atomic mass is 10.5. The lowest BCUT2D eigenvalue weighted by Crippen LogP contribution is -2.36. The van der Waals surface area contributed by atoms with Gasteiger partial charge in [0.25, 0.3) is 16.0 Å². The Hall–Kier alpha value is -3.82. The zero-order valence-electron chi connectivity index (χ0n) is 15.7. The van der Waals surface area contributed by atoms with Crippen LogP contribution in [0, 0.1) is 6.92 Å². The molecule has 0 fully saturated rings. The summed E-state index contributed by atoms with van der Waals surface area (Å²) in [7, 11) is -0.125. The van der Waals surface area contributed by atoms with Crippen LogP contribution in [0.3, 0.4) is 0 Å². The van der Waals surface area contributed by atoms with Crippen molar-refractivity contribution < 1.29 is 22.7 Å². The van der Waals surface area contributed by atoms with E-state index in [1.165, 1.54) is 33.4 Å². The van der Waals surface area contributed by atoms with Gasteiger partial charge in [-0.05, 0) is 12.1 Å². The highest BCUT2D eigenvalue weighted by molar-refractivity contribution is 7.90. The van der Waals surface area contributed by atoms with Gasteiger partial charge in [0, 0.05) is 6.07 Å². The van der Waals surface area contributed by atoms with Crippen molar-refractivity contribution in [2.75, 3.05) is 19.5 Å². The van der Waals surface area contributed by atoms with E-state index < -0.39 is 16.1 Å². The second-order valence-electron chi connectivity index (χ2n) is 5.45. The fourth-order valence-electron chi connectivity index (χ4n) is 2.14. The van der Waals surface area contributed by atoms with Gasteiger partial charge in [0.15, 0.2) is 5.03 Å². The van der Waals surface area contributed by atoms with E-state index in [9.17, 15) is 13.2 Å². The first-order chi connectivity index (χ1) is 13.7. The van der Waals surface area contributed by atoms with Crippen molar-refractivity contribution in [3.63, 3.8) is 0 Å². The molecule has 3 aromatic rings. The largest absolute Gasteiger partial charge is 0.481 e. The van der Waals surface area contributed by atoms with Gasteiger partial charge in [-0.25, -0.2) is 9.52 Å². The van der Waals surface area contributed by atoms with E-state index in [2.05, 4.69) is 35.8 Å². The highest BCUT2D eigenvalue weighted by Gasteiger charge is 2.26. The number of amides is 2. The Morgan fingerprint density at radius 3 is 2.31 bits per heavy atom. The van der Waals surface area contributed by atoms with E-state index in [4.69, 9.17) is 9.47 Å². The second-order valence-corrected chi connectivity index (χ2v) is 7.08. The third-order valence-electron chi connectivity index (χ3n) is 3.31. The van der Waals surface area contributed by atoms with Gasteiger partial charge in [0.05, 0.1) is 33.0 Å². The van der Waals surface area contributed by atoms with E-state index in [1.807, 2.05) is 4.72 Å². The molecule has 154 valence electrons. The van der Waals surface area contributed by atoms with Crippen molar-refractivity contribution in [2.24, 2.45) is 7.05 Å². The molecule has 0 bridgehead atoms. The van der Waals surface area contributed by atoms with Crippen LogP contribution in [-0.4, -0.2) is 68.6 Å². The number of urea groups is 1. The number of tetrazole rings is 1. The van der Waals surface area contributed by atoms with E-state index in [0.29, 0.717) is 5.69 Å². The van der Waals surface area contributed by atoms with Crippen molar-refractivity contribution in [1.82, 2.24) is 44.7 Å². The van der Waals surface area contributed by atoms with E-state index in [-0.39, 0.29) is 28.7 Å². The molecule has 29 heavy (non-hydrogen) atoms. The van der Waals surface area contributed by atoms with Crippen LogP contribution in [0.15, 0.2) is 17.2 Å². The molecule has 0 aliphatic rings. The SMILES string of the molecule is COc1cc(OC)nc(NC(=O)NS(=O)(=O)c2cc(C)nn2-c2nnn(C)n2)n1. The number of aryl methyl sites for hydroxylation is 2. The lowest BCUT2D eigenvalue weighted by Gasteiger charge is -2.09. The van der Waals surface area contributed by atoms with Crippen molar-refractivity contribution in [2.45, 2.75) is 11.9 Å². The molecular formula is C13H16N10O5S. The lowest BCUT2D eigenvalue weighted by molar-refractivity contribution is 0.256. The molecule has 0 atom stereocenters. The second kappa shape index (κ2) is 7.66. The quantitative estimate of drug-likeness (QED) is 0.496. The molecule has 3 aromatic heterocycles. The number of anilines is 1. The topological polar surface area (TPSA) is 181 Å². The summed E-state index contributed by atoms with van der Waals surface area (Å²) in [6, 6.07) is 1.52. The third-order valence-corrected chi connectivity index (χ3v) is 4.61. The maximum Gasteiger partial charge on any atom is 0.335 e. The summed E-state index contributed by atoms with van der Waals surface area (Å²) in [5.74, 6) is -0.0914. The molecule has 3 heterocycles. The van der Waals surface area contributed by atoms with E-state index >= 15 is 0 Å². The Bertz CT molecular complexity index is 1130. The summed E-state index contributed by atoms with van der Waals surface area (Å²) in [6.07, 6.45) is 0. The fourth-order valence-corrected chi connectivity index (χ4v) is 3.22. The standard InChI is InChI=1S/C13H16N10O5S/c1-7-5-10(23(18-7)12-17-21-22(2)19-12)29(25,26)20-13(24)16-11-14-8(27-3)6-9(15-11)28-4/h5-6H,1-4H3,(H2,14,15,16,20,24). The molecule has 0 saturated carbocycles. The maximum atomic E-state index is 12.7. The molecule has 0 radical (unpaired) electrons. The maximum absolute atomic E-state index is 12.7. The van der Waals surface area contributed by atoms with Gasteiger partial charge < -0.3 is 9.47 Å². The molecule has 2 amide bonds. The van der Waals surface area contributed by atoms with Gasteiger partial charge in [-0.1, -0.05) is 5.10 Å². The Morgan fingerprint density at radius 1 is 1.10 bits per heavy atom. The number of carbonyl (C=O) groups is 1. The molecular weight excluding hydrogens is 408 g/mol. The highest BCUT2D eigenvalue weighted by atomic mass is 32.2. The predicted octanol–water partition coefficient (Wildman–Crippen LogP) is -0.978. The first-order valence-corrected chi connectivity index (χ1v) is 9.32. The van der Waals surface area contributed by atoms with Crippen LogP contribution in [0.5, 0.6) is 11.8 Å². The third kappa shape index (κ3) is 4.37. The molecule has 0 unspecified atom stereocenters. The van der Waals surface area contributed by atoms with Crippen LogP contribution in [0.1, 0.15) is 5.69 Å². The van der Waals surface area contributed by atoms with Crippen molar-refractivity contribution in [1.29, 1.82) is 0 Å². The van der Waals surface area contributed by atoms with Crippen LogP contribution in [0.25, 0.3) is 5.95 Å². The number of hydrogen-bond donors (Lipinski definition) is 2. The first kappa shape index (κ1) is 19.9. The van der Waals surface area contributed by atoms with E-state index in [1.54, 1.807) is 6.92 Å². The molecule has 15 nitrogen and oxygen atoms in total. The minimum atomic E-state index is -4.36. The number of nitrogens with zero attached hydrogens (tertiary/aromatic N) is 8. The smallest absolute Gasteiger partial charge is 0.335 e. The minimum Gasteiger partial charge on any atom is -0.481 e. The number of hydrogen-bond acceptors (Lipinski definition) is 11. The van der Waals surface area contributed by atoms with Gasteiger partial charge in [-0.2, -0.15) is 33.0 Å². The van der Waals surface area contributed by atoms with E-state index in [0.717, 1.165) is 9.48 Å². The zero-order valence-corrected chi connectivity index (χ0v) is 16.5. The number of rotatable bonds is 6. The van der Waals surface area contributed by atoms with Crippen LogP contribution >= 0.6 is 0 Å². The summed E-state index contributed by atoms with van der Waals surface area (Å²) < 4.78 is 38.1. The van der Waals surface area contributed by atoms with Crippen LogP contribution in [0.2, 0.25) is 0 Å². The van der Waals surface area contributed by atoms with Gasteiger partial charge >= 0.3 is 6.03 Å². The fraction of sp³-hybridized carbons (Fsp3) is 0.308.